The van der Waals surface area contributed by atoms with E-state index in [1.165, 1.54) is 0 Å². The van der Waals surface area contributed by atoms with E-state index in [4.69, 9.17) is 4.74 Å². The Labute approximate surface area is 142 Å². The number of rotatable bonds is 2. The van der Waals surface area contributed by atoms with Crippen LogP contribution >= 0.6 is 0 Å². The highest BCUT2D eigenvalue weighted by molar-refractivity contribution is 6.01. The molecule has 2 fully saturated rings. The number of hydrogen-bond acceptors (Lipinski definition) is 6. The van der Waals surface area contributed by atoms with Crippen LogP contribution in [0.5, 0.6) is 0 Å². The predicted molar refractivity (Wildman–Crippen MR) is 79.8 cm³/mol. The van der Waals surface area contributed by atoms with Gasteiger partial charge in [-0.3, -0.25) is 23.6 Å². The van der Waals surface area contributed by atoms with Crippen LogP contribution in [0.2, 0.25) is 0 Å². The van der Waals surface area contributed by atoms with E-state index >= 15 is 0 Å². The molecule has 0 aromatic heterocycles. The van der Waals surface area contributed by atoms with Gasteiger partial charge in [-0.15, -0.1) is 0 Å². The van der Waals surface area contributed by atoms with Gasteiger partial charge in [0.15, 0.2) is 0 Å². The molecule has 0 saturated carbocycles. The van der Waals surface area contributed by atoms with Gasteiger partial charge >= 0.3 is 23.9 Å². The van der Waals surface area contributed by atoms with Crippen molar-refractivity contribution in [1.82, 2.24) is 0 Å². The monoisotopic (exact) mass is 346 g/mol. The van der Waals surface area contributed by atoms with Crippen molar-refractivity contribution >= 4 is 23.9 Å². The Morgan fingerprint density at radius 2 is 1.80 bits per heavy atom. The van der Waals surface area contributed by atoms with Crippen LogP contribution in [0.25, 0.3) is 0 Å². The summed E-state index contributed by atoms with van der Waals surface area (Å²) in [5.74, 6) is -6.65. The maximum Gasteiger partial charge on any atom is 0.321 e. The summed E-state index contributed by atoms with van der Waals surface area (Å²) in [7, 11) is 0. The molecule has 4 rings (SSSR count). The van der Waals surface area contributed by atoms with Crippen molar-refractivity contribution < 1.29 is 33.0 Å². The minimum Gasteiger partial charge on any atom is -0.393 e. The molecule has 2 saturated heterocycles. The zero-order chi connectivity index (χ0) is 17.9. The molecular weight excluding hydrogens is 331 g/mol. The Hall–Kier alpha value is -2.57. The van der Waals surface area contributed by atoms with Gasteiger partial charge in [-0.25, -0.2) is 0 Å². The molecule has 1 aromatic rings. The number of fused-ring (bicyclic) bond motifs is 3. The van der Waals surface area contributed by atoms with E-state index in [9.17, 15) is 23.6 Å². The van der Waals surface area contributed by atoms with Crippen LogP contribution in [0, 0.1) is 17.8 Å². The number of ether oxygens (including phenoxy) is 2. The summed E-state index contributed by atoms with van der Waals surface area (Å²) >= 11 is 0. The molecule has 0 amide bonds. The number of hydrogen-bond donors (Lipinski definition) is 0. The molecule has 1 aliphatic carbocycles. The second-order valence-corrected chi connectivity index (χ2v) is 6.92. The summed E-state index contributed by atoms with van der Waals surface area (Å²) in [6, 6.07) is 6.82. The maximum absolute atomic E-state index is 14.1. The Bertz CT molecular complexity index is 818. The smallest absolute Gasteiger partial charge is 0.321 e. The van der Waals surface area contributed by atoms with Gasteiger partial charge in [-0.1, -0.05) is 31.2 Å². The molecule has 7 heteroatoms. The standard InChI is InChI=1S/C18H15FO6/c1-18(10-6-12(20)24-15(10)21)9-5-3-2-4-8(9)13-14(11(18)7-19)17(23)25-16(13)22/h2-5,10-11,13-14H,6-7H2,1H3. The van der Waals surface area contributed by atoms with Crippen LogP contribution < -0.4 is 0 Å². The lowest BCUT2D eigenvalue weighted by Gasteiger charge is -2.47. The molecule has 5 unspecified atom stereocenters. The van der Waals surface area contributed by atoms with E-state index in [1.54, 1.807) is 31.2 Å². The lowest BCUT2D eigenvalue weighted by atomic mass is 9.53. The second kappa shape index (κ2) is 5.21. The lowest BCUT2D eigenvalue weighted by Crippen LogP contribution is -2.52. The van der Waals surface area contributed by atoms with Crippen molar-refractivity contribution in [3.8, 4) is 0 Å². The van der Waals surface area contributed by atoms with E-state index in [0.717, 1.165) is 0 Å². The molecule has 0 radical (unpaired) electrons. The fourth-order valence-electron chi connectivity index (χ4n) is 4.70. The summed E-state index contributed by atoms with van der Waals surface area (Å²) in [4.78, 5) is 48.3. The first kappa shape index (κ1) is 15.9. The first-order valence-corrected chi connectivity index (χ1v) is 8.05. The molecule has 0 N–H and O–H groups in total. The van der Waals surface area contributed by atoms with Crippen molar-refractivity contribution in [3.63, 3.8) is 0 Å². The van der Waals surface area contributed by atoms with Gasteiger partial charge < -0.3 is 9.47 Å². The van der Waals surface area contributed by atoms with Gasteiger partial charge in [0.05, 0.1) is 30.8 Å². The van der Waals surface area contributed by atoms with Crippen LogP contribution in [0.3, 0.4) is 0 Å². The van der Waals surface area contributed by atoms with Crippen molar-refractivity contribution in [2.75, 3.05) is 6.67 Å². The van der Waals surface area contributed by atoms with Crippen LogP contribution in [0.1, 0.15) is 30.4 Å². The molecule has 2 heterocycles. The van der Waals surface area contributed by atoms with E-state index < -0.39 is 59.6 Å². The number of carbonyl (C=O) groups is 4. The quantitative estimate of drug-likeness (QED) is 0.594. The molecule has 0 bridgehead atoms. The highest BCUT2D eigenvalue weighted by Crippen LogP contribution is 2.57. The van der Waals surface area contributed by atoms with E-state index in [2.05, 4.69) is 4.74 Å². The molecule has 2 aliphatic heterocycles. The number of esters is 4. The molecule has 6 nitrogen and oxygen atoms in total. The van der Waals surface area contributed by atoms with Gasteiger partial charge in [0.1, 0.15) is 0 Å². The number of cyclic esters (lactones) is 4. The average molecular weight is 346 g/mol. The van der Waals surface area contributed by atoms with Gasteiger partial charge in [0.25, 0.3) is 0 Å². The van der Waals surface area contributed by atoms with Crippen molar-refractivity contribution in [1.29, 1.82) is 0 Å². The Kier molecular flexibility index (Phi) is 3.32. The van der Waals surface area contributed by atoms with E-state index in [-0.39, 0.29) is 6.42 Å². The Morgan fingerprint density at radius 1 is 1.08 bits per heavy atom. The number of benzene rings is 1. The molecule has 130 valence electrons. The van der Waals surface area contributed by atoms with Crippen molar-refractivity contribution in [2.24, 2.45) is 17.8 Å². The topological polar surface area (TPSA) is 86.7 Å². The number of carbonyl (C=O) groups excluding carboxylic acids is 4. The molecule has 25 heavy (non-hydrogen) atoms. The van der Waals surface area contributed by atoms with Crippen LogP contribution in [-0.2, 0) is 34.1 Å². The highest BCUT2D eigenvalue weighted by atomic mass is 19.1. The van der Waals surface area contributed by atoms with Crippen molar-refractivity contribution in [2.45, 2.75) is 24.7 Å². The van der Waals surface area contributed by atoms with Crippen molar-refractivity contribution in [3.05, 3.63) is 35.4 Å². The molecular formula is C18H15FO6. The normalized spacial score (nSPS) is 36.7. The minimum absolute atomic E-state index is 0.180. The average Bonchev–Trinajstić information content (AvgIpc) is 3.07. The molecule has 5 atom stereocenters. The Morgan fingerprint density at radius 3 is 2.44 bits per heavy atom. The third-order valence-electron chi connectivity index (χ3n) is 5.93. The lowest BCUT2D eigenvalue weighted by molar-refractivity contribution is -0.157. The predicted octanol–water partition coefficient (Wildman–Crippen LogP) is 1.42. The van der Waals surface area contributed by atoms with Crippen LogP contribution in [-0.4, -0.2) is 30.6 Å². The Balaban J connectivity index is 1.97. The molecule has 0 spiro atoms. The SMILES string of the molecule is CC1(C2CC(=O)OC2=O)c2ccccc2C2C(=O)OC(=O)C2C1CF. The van der Waals surface area contributed by atoms with Gasteiger partial charge in [-0.2, -0.15) is 0 Å². The maximum atomic E-state index is 14.1. The number of alkyl halides is 1. The van der Waals surface area contributed by atoms with Gasteiger partial charge in [0.2, 0.25) is 0 Å². The third kappa shape index (κ3) is 1.95. The summed E-state index contributed by atoms with van der Waals surface area (Å²) in [6.45, 7) is 0.735. The minimum atomic E-state index is -1.15. The number of halogens is 1. The van der Waals surface area contributed by atoms with E-state index in [1.807, 2.05) is 0 Å². The van der Waals surface area contributed by atoms with Gasteiger partial charge in [-0.05, 0) is 11.1 Å². The summed E-state index contributed by atoms with van der Waals surface area (Å²) < 4.78 is 23.6. The van der Waals surface area contributed by atoms with Crippen LogP contribution in [0.15, 0.2) is 24.3 Å². The fourth-order valence-corrected chi connectivity index (χ4v) is 4.70. The second-order valence-electron chi connectivity index (χ2n) is 6.92. The molecule has 1 aromatic carbocycles. The van der Waals surface area contributed by atoms with Gasteiger partial charge in [0, 0.05) is 11.3 Å². The first-order chi connectivity index (χ1) is 11.9. The third-order valence-corrected chi connectivity index (χ3v) is 5.93. The summed E-state index contributed by atoms with van der Waals surface area (Å²) in [6.07, 6.45) is -0.180. The summed E-state index contributed by atoms with van der Waals surface area (Å²) in [5, 5.41) is 0. The largest absolute Gasteiger partial charge is 0.393 e. The summed E-state index contributed by atoms with van der Waals surface area (Å²) in [5.41, 5.74) is -0.0238. The highest BCUT2D eigenvalue weighted by Gasteiger charge is 2.63. The molecule has 3 aliphatic rings. The zero-order valence-electron chi connectivity index (χ0n) is 13.4. The zero-order valence-corrected chi connectivity index (χ0v) is 13.4. The fraction of sp³-hybridized carbons (Fsp3) is 0.444. The van der Waals surface area contributed by atoms with Crippen LogP contribution in [0.4, 0.5) is 4.39 Å². The first-order valence-electron chi connectivity index (χ1n) is 8.05. The van der Waals surface area contributed by atoms with E-state index in [0.29, 0.717) is 11.1 Å².